The Morgan fingerprint density at radius 3 is 2.67 bits per heavy atom. The van der Waals surface area contributed by atoms with Crippen LogP contribution in [0.4, 0.5) is 5.69 Å². The topological polar surface area (TPSA) is 12.0 Å². The van der Waals surface area contributed by atoms with Crippen LogP contribution in [-0.4, -0.2) is 0 Å². The Kier molecular flexibility index (Phi) is 3.03. The molecular formula is C14H14N. The minimum atomic E-state index is 0.867. The molecule has 0 amide bonds. The number of aryl methyl sites for hydroxylation is 1. The number of benzene rings is 2. The fourth-order valence-corrected chi connectivity index (χ4v) is 1.53. The zero-order chi connectivity index (χ0) is 10.5. The quantitative estimate of drug-likeness (QED) is 0.793. The van der Waals surface area contributed by atoms with Crippen molar-refractivity contribution in [2.45, 2.75) is 13.5 Å². The minimum Gasteiger partial charge on any atom is -0.381 e. The summed E-state index contributed by atoms with van der Waals surface area (Å²) >= 11 is 0. The molecule has 75 valence electrons. The molecule has 0 heterocycles. The third-order valence-electron chi connectivity index (χ3n) is 2.30. The van der Waals surface area contributed by atoms with Crippen LogP contribution in [-0.2, 0) is 6.54 Å². The lowest BCUT2D eigenvalue weighted by Gasteiger charge is -2.06. The average Bonchev–Trinajstić information content (AvgIpc) is 2.28. The molecule has 0 saturated heterocycles. The van der Waals surface area contributed by atoms with Crippen LogP contribution in [0.15, 0.2) is 48.5 Å². The van der Waals surface area contributed by atoms with Crippen molar-refractivity contribution in [2.24, 2.45) is 0 Å². The van der Waals surface area contributed by atoms with E-state index in [1.807, 2.05) is 24.3 Å². The molecule has 1 radical (unpaired) electrons. The highest BCUT2D eigenvalue weighted by Crippen LogP contribution is 2.09. The lowest BCUT2D eigenvalue weighted by molar-refractivity contribution is 1.14. The fraction of sp³-hybridized carbons (Fsp3) is 0.143. The Morgan fingerprint density at radius 1 is 1.13 bits per heavy atom. The second-order valence-corrected chi connectivity index (χ2v) is 3.63. The molecule has 0 spiro atoms. The Morgan fingerprint density at radius 2 is 1.93 bits per heavy atom. The molecule has 2 aromatic carbocycles. The highest BCUT2D eigenvalue weighted by molar-refractivity contribution is 5.43. The highest BCUT2D eigenvalue weighted by atomic mass is 14.9. The molecule has 0 saturated carbocycles. The molecule has 15 heavy (non-hydrogen) atoms. The summed E-state index contributed by atoms with van der Waals surface area (Å²) in [5, 5.41) is 3.37. The van der Waals surface area contributed by atoms with Crippen molar-refractivity contribution < 1.29 is 0 Å². The third kappa shape index (κ3) is 2.84. The molecule has 0 unspecified atom stereocenters. The van der Waals surface area contributed by atoms with Crippen LogP contribution in [0.25, 0.3) is 0 Å². The van der Waals surface area contributed by atoms with Crippen LogP contribution in [0.5, 0.6) is 0 Å². The molecule has 1 heteroatoms. The van der Waals surface area contributed by atoms with Crippen molar-refractivity contribution in [3.63, 3.8) is 0 Å². The van der Waals surface area contributed by atoms with Crippen LogP contribution in [0, 0.1) is 13.0 Å². The average molecular weight is 196 g/mol. The summed E-state index contributed by atoms with van der Waals surface area (Å²) < 4.78 is 0. The van der Waals surface area contributed by atoms with Crippen LogP contribution in [0.1, 0.15) is 11.1 Å². The first-order chi connectivity index (χ1) is 7.34. The second kappa shape index (κ2) is 4.65. The van der Waals surface area contributed by atoms with Crippen LogP contribution >= 0.6 is 0 Å². The predicted octanol–water partition coefficient (Wildman–Crippen LogP) is 3.41. The molecule has 0 fully saturated rings. The maximum atomic E-state index is 3.37. The van der Waals surface area contributed by atoms with E-state index in [1.54, 1.807) is 0 Å². The second-order valence-electron chi connectivity index (χ2n) is 3.63. The van der Waals surface area contributed by atoms with Gasteiger partial charge in [0, 0.05) is 12.2 Å². The van der Waals surface area contributed by atoms with Gasteiger partial charge in [0.05, 0.1) is 0 Å². The largest absolute Gasteiger partial charge is 0.381 e. The van der Waals surface area contributed by atoms with Gasteiger partial charge in [0.2, 0.25) is 0 Å². The summed E-state index contributed by atoms with van der Waals surface area (Å²) in [7, 11) is 0. The molecule has 0 bridgehead atoms. The minimum absolute atomic E-state index is 0.867. The maximum Gasteiger partial charge on any atom is 0.0400 e. The Labute approximate surface area is 90.8 Å². The number of nitrogens with one attached hydrogen (secondary N) is 1. The molecule has 1 nitrogen and oxygen atoms in total. The van der Waals surface area contributed by atoms with Gasteiger partial charge in [-0.15, -0.1) is 0 Å². The molecule has 0 aliphatic rings. The van der Waals surface area contributed by atoms with Crippen molar-refractivity contribution in [1.29, 1.82) is 0 Å². The summed E-state index contributed by atoms with van der Waals surface area (Å²) in [4.78, 5) is 0. The summed E-state index contributed by atoms with van der Waals surface area (Å²) in [6.45, 7) is 2.98. The number of hydrogen-bond acceptors (Lipinski definition) is 1. The van der Waals surface area contributed by atoms with E-state index in [4.69, 9.17) is 0 Å². The first-order valence-corrected chi connectivity index (χ1v) is 5.10. The molecule has 0 aliphatic heterocycles. The van der Waals surface area contributed by atoms with E-state index in [9.17, 15) is 0 Å². The Bertz CT molecular complexity index is 420. The molecule has 0 atom stereocenters. The van der Waals surface area contributed by atoms with E-state index < -0.39 is 0 Å². The number of anilines is 1. The van der Waals surface area contributed by atoms with Gasteiger partial charge in [-0.1, -0.05) is 42.0 Å². The van der Waals surface area contributed by atoms with E-state index in [0.717, 1.165) is 12.2 Å². The van der Waals surface area contributed by atoms with Gasteiger partial charge < -0.3 is 5.32 Å². The van der Waals surface area contributed by atoms with E-state index >= 15 is 0 Å². The normalized spacial score (nSPS) is 9.93. The molecule has 2 aromatic rings. The SMILES string of the molecule is Cc1cccc(CNc2cc[c]cc2)c1. The standard InChI is InChI=1S/C14H14N/c1-12-6-5-7-13(10-12)11-15-14-8-3-2-4-9-14/h3-10,15H,11H2,1H3. The number of rotatable bonds is 3. The predicted molar refractivity (Wildman–Crippen MR) is 63.8 cm³/mol. The monoisotopic (exact) mass is 196 g/mol. The molecular weight excluding hydrogens is 182 g/mol. The van der Waals surface area contributed by atoms with Crippen LogP contribution < -0.4 is 5.32 Å². The Balaban J connectivity index is 1.99. The molecule has 2 rings (SSSR count). The van der Waals surface area contributed by atoms with Crippen molar-refractivity contribution in [1.82, 2.24) is 0 Å². The van der Waals surface area contributed by atoms with E-state index in [1.165, 1.54) is 11.1 Å². The van der Waals surface area contributed by atoms with Crippen molar-refractivity contribution in [3.8, 4) is 0 Å². The van der Waals surface area contributed by atoms with Crippen molar-refractivity contribution in [3.05, 3.63) is 65.7 Å². The highest BCUT2D eigenvalue weighted by Gasteiger charge is 1.93. The van der Waals surface area contributed by atoms with Gasteiger partial charge in [0.25, 0.3) is 0 Å². The third-order valence-corrected chi connectivity index (χ3v) is 2.30. The van der Waals surface area contributed by atoms with Crippen LogP contribution in [0.3, 0.4) is 0 Å². The zero-order valence-electron chi connectivity index (χ0n) is 8.83. The molecule has 0 aromatic heterocycles. The van der Waals surface area contributed by atoms with E-state index in [-0.39, 0.29) is 0 Å². The summed E-state index contributed by atoms with van der Waals surface area (Å²) in [5.74, 6) is 0. The zero-order valence-corrected chi connectivity index (χ0v) is 8.83. The molecule has 1 N–H and O–H groups in total. The van der Waals surface area contributed by atoms with Gasteiger partial charge in [0.1, 0.15) is 0 Å². The van der Waals surface area contributed by atoms with Gasteiger partial charge in [-0.25, -0.2) is 0 Å². The maximum absolute atomic E-state index is 3.37. The first kappa shape index (κ1) is 9.78. The first-order valence-electron chi connectivity index (χ1n) is 5.10. The van der Waals surface area contributed by atoms with E-state index in [2.05, 4.69) is 42.6 Å². The van der Waals surface area contributed by atoms with Crippen molar-refractivity contribution in [2.75, 3.05) is 5.32 Å². The van der Waals surface area contributed by atoms with Gasteiger partial charge in [-0.05, 0) is 30.7 Å². The van der Waals surface area contributed by atoms with Gasteiger partial charge >= 0.3 is 0 Å². The summed E-state index contributed by atoms with van der Waals surface area (Å²) in [5.41, 5.74) is 3.74. The summed E-state index contributed by atoms with van der Waals surface area (Å²) in [6, 6.07) is 19.4. The van der Waals surface area contributed by atoms with Crippen molar-refractivity contribution >= 4 is 5.69 Å². The Hall–Kier alpha value is -1.76. The lowest BCUT2D eigenvalue weighted by atomic mass is 10.1. The number of hydrogen-bond donors (Lipinski definition) is 1. The molecule has 0 aliphatic carbocycles. The van der Waals surface area contributed by atoms with Gasteiger partial charge in [-0.2, -0.15) is 0 Å². The fourth-order valence-electron chi connectivity index (χ4n) is 1.53. The van der Waals surface area contributed by atoms with Crippen LogP contribution in [0.2, 0.25) is 0 Å². The van der Waals surface area contributed by atoms with E-state index in [0.29, 0.717) is 0 Å². The van der Waals surface area contributed by atoms with Gasteiger partial charge in [0.15, 0.2) is 0 Å². The van der Waals surface area contributed by atoms with Gasteiger partial charge in [-0.3, -0.25) is 0 Å². The smallest absolute Gasteiger partial charge is 0.0400 e. The summed E-state index contributed by atoms with van der Waals surface area (Å²) in [6.07, 6.45) is 0. The lowest BCUT2D eigenvalue weighted by Crippen LogP contribution is -1.98.